The molecule has 1 aromatic heterocycles. The summed E-state index contributed by atoms with van der Waals surface area (Å²) in [4.78, 5) is 1.57. The molecule has 1 aliphatic rings. The molecule has 1 fully saturated rings. The summed E-state index contributed by atoms with van der Waals surface area (Å²) in [5.41, 5.74) is 4.47. The highest BCUT2D eigenvalue weighted by Crippen LogP contribution is 2.37. The lowest BCUT2D eigenvalue weighted by atomic mass is 9.96. The Bertz CT molecular complexity index is 620. The van der Waals surface area contributed by atoms with Crippen molar-refractivity contribution in [3.05, 3.63) is 33.7 Å². The minimum Gasteiger partial charge on any atom is -0.309 e. The fourth-order valence-corrected chi connectivity index (χ4v) is 4.23. The molecule has 0 atom stereocenters. The molecule has 0 aliphatic heterocycles. The standard InChI is InChI=1S/C18H25NS/c1-11(2)9-15-16(10-19-14-7-8-14)20-18-13(4)6-5-12(3)17(15)18/h5-6,11,14,19H,7-10H2,1-4H3. The highest BCUT2D eigenvalue weighted by molar-refractivity contribution is 7.19. The van der Waals surface area contributed by atoms with E-state index in [0.717, 1.165) is 12.6 Å². The molecule has 1 heterocycles. The Morgan fingerprint density at radius 2 is 1.90 bits per heavy atom. The SMILES string of the molecule is Cc1ccc(C)c2c(CC(C)C)c(CNC3CC3)sc12. The number of aryl methyl sites for hydroxylation is 2. The molecule has 0 bridgehead atoms. The van der Waals surface area contributed by atoms with Crippen molar-refractivity contribution in [1.29, 1.82) is 0 Å². The zero-order valence-corrected chi connectivity index (χ0v) is 13.9. The van der Waals surface area contributed by atoms with E-state index in [9.17, 15) is 0 Å². The molecule has 20 heavy (non-hydrogen) atoms. The van der Waals surface area contributed by atoms with Gasteiger partial charge in [-0.1, -0.05) is 26.0 Å². The average Bonchev–Trinajstić information content (AvgIpc) is 3.14. The Labute approximate surface area is 126 Å². The summed E-state index contributed by atoms with van der Waals surface area (Å²) in [5.74, 6) is 0.715. The summed E-state index contributed by atoms with van der Waals surface area (Å²) < 4.78 is 1.51. The lowest BCUT2D eigenvalue weighted by Crippen LogP contribution is -2.15. The van der Waals surface area contributed by atoms with Crippen LogP contribution in [-0.2, 0) is 13.0 Å². The number of fused-ring (bicyclic) bond motifs is 1. The first-order valence-corrected chi connectivity index (χ1v) is 8.61. The molecule has 0 amide bonds. The van der Waals surface area contributed by atoms with Crippen LogP contribution in [0.1, 0.15) is 48.3 Å². The molecule has 0 unspecified atom stereocenters. The summed E-state index contributed by atoms with van der Waals surface area (Å²) in [6.07, 6.45) is 3.93. The van der Waals surface area contributed by atoms with Gasteiger partial charge in [0, 0.05) is 22.2 Å². The molecular formula is C18H25NS. The van der Waals surface area contributed by atoms with Crippen molar-refractivity contribution in [3.63, 3.8) is 0 Å². The minimum atomic E-state index is 0.715. The van der Waals surface area contributed by atoms with E-state index < -0.39 is 0 Å². The van der Waals surface area contributed by atoms with E-state index in [1.807, 2.05) is 11.3 Å². The van der Waals surface area contributed by atoms with Crippen molar-refractivity contribution in [2.24, 2.45) is 5.92 Å². The van der Waals surface area contributed by atoms with E-state index in [1.165, 1.54) is 40.5 Å². The Balaban J connectivity index is 2.05. The van der Waals surface area contributed by atoms with Gasteiger partial charge in [-0.2, -0.15) is 0 Å². The summed E-state index contributed by atoms with van der Waals surface area (Å²) in [6.45, 7) is 10.2. The van der Waals surface area contributed by atoms with Gasteiger partial charge in [0.1, 0.15) is 0 Å². The number of nitrogens with one attached hydrogen (secondary N) is 1. The second kappa shape index (κ2) is 5.50. The fraction of sp³-hybridized carbons (Fsp3) is 0.556. The predicted octanol–water partition coefficient (Wildman–Crippen LogP) is 4.97. The van der Waals surface area contributed by atoms with Gasteiger partial charge in [-0.3, -0.25) is 0 Å². The van der Waals surface area contributed by atoms with Gasteiger partial charge in [0.2, 0.25) is 0 Å². The molecule has 1 nitrogen and oxygen atoms in total. The number of thiophene rings is 1. The van der Waals surface area contributed by atoms with Gasteiger partial charge >= 0.3 is 0 Å². The van der Waals surface area contributed by atoms with E-state index in [4.69, 9.17) is 0 Å². The summed E-state index contributed by atoms with van der Waals surface area (Å²) in [5, 5.41) is 5.24. The third-order valence-corrected chi connectivity index (χ3v) is 5.53. The van der Waals surface area contributed by atoms with E-state index >= 15 is 0 Å². The van der Waals surface area contributed by atoms with Crippen molar-refractivity contribution < 1.29 is 0 Å². The average molecular weight is 287 g/mol. The smallest absolute Gasteiger partial charge is 0.0380 e. The number of rotatable bonds is 5. The van der Waals surface area contributed by atoms with Gasteiger partial charge in [0.25, 0.3) is 0 Å². The third-order valence-electron chi connectivity index (χ3n) is 4.17. The molecule has 0 saturated heterocycles. The molecule has 0 radical (unpaired) electrons. The maximum Gasteiger partial charge on any atom is 0.0380 e. The monoisotopic (exact) mass is 287 g/mol. The van der Waals surface area contributed by atoms with Gasteiger partial charge in [-0.15, -0.1) is 11.3 Å². The first kappa shape index (κ1) is 14.1. The largest absolute Gasteiger partial charge is 0.309 e. The Morgan fingerprint density at radius 1 is 1.20 bits per heavy atom. The number of hydrogen-bond acceptors (Lipinski definition) is 2. The van der Waals surface area contributed by atoms with Crippen LogP contribution in [0.3, 0.4) is 0 Å². The number of hydrogen-bond donors (Lipinski definition) is 1. The van der Waals surface area contributed by atoms with Crippen LogP contribution in [-0.4, -0.2) is 6.04 Å². The zero-order valence-electron chi connectivity index (χ0n) is 13.0. The lowest BCUT2D eigenvalue weighted by molar-refractivity contribution is 0.637. The minimum absolute atomic E-state index is 0.715. The first-order valence-electron chi connectivity index (χ1n) is 7.80. The van der Waals surface area contributed by atoms with Crippen molar-refractivity contribution >= 4 is 21.4 Å². The predicted molar refractivity (Wildman–Crippen MR) is 89.7 cm³/mol. The molecule has 1 aliphatic carbocycles. The van der Waals surface area contributed by atoms with Crippen LogP contribution >= 0.6 is 11.3 Å². The maximum absolute atomic E-state index is 3.70. The maximum atomic E-state index is 3.70. The molecule has 0 spiro atoms. The molecule has 3 rings (SSSR count). The molecule has 2 aromatic rings. The van der Waals surface area contributed by atoms with Crippen LogP contribution in [0.15, 0.2) is 12.1 Å². The molecular weight excluding hydrogens is 262 g/mol. The van der Waals surface area contributed by atoms with Crippen LogP contribution in [0.2, 0.25) is 0 Å². The van der Waals surface area contributed by atoms with E-state index in [0.29, 0.717) is 5.92 Å². The third kappa shape index (κ3) is 2.77. The molecule has 1 N–H and O–H groups in total. The van der Waals surface area contributed by atoms with Crippen LogP contribution in [0, 0.1) is 19.8 Å². The topological polar surface area (TPSA) is 12.0 Å². The summed E-state index contributed by atoms with van der Waals surface area (Å²) in [6, 6.07) is 5.34. The molecule has 2 heteroatoms. The Kier molecular flexibility index (Phi) is 3.87. The van der Waals surface area contributed by atoms with Gasteiger partial charge < -0.3 is 5.32 Å². The van der Waals surface area contributed by atoms with Crippen molar-refractivity contribution in [2.45, 2.75) is 59.5 Å². The van der Waals surface area contributed by atoms with Crippen LogP contribution in [0.25, 0.3) is 10.1 Å². The summed E-state index contributed by atoms with van der Waals surface area (Å²) >= 11 is 2.01. The first-order chi connectivity index (χ1) is 9.56. The second-order valence-corrected chi connectivity index (χ2v) is 7.77. The van der Waals surface area contributed by atoms with E-state index in [1.54, 1.807) is 10.4 Å². The van der Waals surface area contributed by atoms with Crippen molar-refractivity contribution in [2.75, 3.05) is 0 Å². The zero-order chi connectivity index (χ0) is 14.3. The van der Waals surface area contributed by atoms with E-state index in [-0.39, 0.29) is 0 Å². The second-order valence-electron chi connectivity index (χ2n) is 6.66. The molecule has 1 saturated carbocycles. The highest BCUT2D eigenvalue weighted by atomic mass is 32.1. The fourth-order valence-electron chi connectivity index (χ4n) is 2.91. The molecule has 108 valence electrons. The van der Waals surface area contributed by atoms with Gasteiger partial charge in [0.05, 0.1) is 0 Å². The van der Waals surface area contributed by atoms with Crippen LogP contribution in [0.4, 0.5) is 0 Å². The van der Waals surface area contributed by atoms with Crippen LogP contribution in [0.5, 0.6) is 0 Å². The van der Waals surface area contributed by atoms with Crippen LogP contribution < -0.4 is 5.32 Å². The Morgan fingerprint density at radius 3 is 2.55 bits per heavy atom. The van der Waals surface area contributed by atoms with Gasteiger partial charge in [0.15, 0.2) is 0 Å². The van der Waals surface area contributed by atoms with Crippen molar-refractivity contribution in [1.82, 2.24) is 5.32 Å². The highest BCUT2D eigenvalue weighted by Gasteiger charge is 2.22. The van der Waals surface area contributed by atoms with Gasteiger partial charge in [-0.25, -0.2) is 0 Å². The number of benzene rings is 1. The quantitative estimate of drug-likeness (QED) is 0.819. The normalized spacial score (nSPS) is 15.4. The Hall–Kier alpha value is -0.860. The van der Waals surface area contributed by atoms with Crippen molar-refractivity contribution in [3.8, 4) is 0 Å². The lowest BCUT2D eigenvalue weighted by Gasteiger charge is -2.10. The van der Waals surface area contributed by atoms with E-state index in [2.05, 4.69) is 45.1 Å². The molecule has 1 aromatic carbocycles. The van der Waals surface area contributed by atoms with Gasteiger partial charge in [-0.05, 0) is 61.1 Å². The summed E-state index contributed by atoms with van der Waals surface area (Å²) in [7, 11) is 0.